The van der Waals surface area contributed by atoms with E-state index in [0.29, 0.717) is 12.8 Å². The number of carbonyl (C=O) groups excluding carboxylic acids is 2. The molecule has 5 nitrogen and oxygen atoms in total. The van der Waals surface area contributed by atoms with E-state index in [1.165, 1.54) is 17.0 Å². The lowest BCUT2D eigenvalue weighted by atomic mass is 9.91. The molecule has 6 heteroatoms. The van der Waals surface area contributed by atoms with Crippen LogP contribution in [-0.4, -0.2) is 22.4 Å². The lowest BCUT2D eigenvalue weighted by molar-refractivity contribution is -0.127. The van der Waals surface area contributed by atoms with Crippen molar-refractivity contribution in [2.45, 2.75) is 38.8 Å². The minimum absolute atomic E-state index is 0.00318. The molecule has 110 valence electrons. The zero-order valence-electron chi connectivity index (χ0n) is 11.9. The van der Waals surface area contributed by atoms with Gasteiger partial charge in [0.25, 0.3) is 5.91 Å². The summed E-state index contributed by atoms with van der Waals surface area (Å²) in [5.41, 5.74) is -0.433. The van der Waals surface area contributed by atoms with E-state index in [1.807, 2.05) is 19.9 Å². The van der Waals surface area contributed by atoms with Crippen LogP contribution in [0.5, 0.6) is 0 Å². The summed E-state index contributed by atoms with van der Waals surface area (Å²) in [6, 6.07) is 5.44. The number of amides is 3. The van der Waals surface area contributed by atoms with Crippen LogP contribution in [0.25, 0.3) is 0 Å². The Morgan fingerprint density at radius 3 is 2.52 bits per heavy atom. The second kappa shape index (κ2) is 5.52. The Labute approximate surface area is 122 Å². The van der Waals surface area contributed by atoms with Gasteiger partial charge in [-0.05, 0) is 25.0 Å². The van der Waals surface area contributed by atoms with Crippen LogP contribution in [-0.2, 0) is 11.3 Å². The third-order valence-corrected chi connectivity index (χ3v) is 4.09. The van der Waals surface area contributed by atoms with Gasteiger partial charge in [0.2, 0.25) is 0 Å². The van der Waals surface area contributed by atoms with Crippen LogP contribution < -0.4 is 5.32 Å². The molecule has 0 aliphatic carbocycles. The molecule has 1 N–H and O–H groups in total. The number of halogens is 1. The number of hydrogen-bond donors (Lipinski definition) is 1. The second-order valence-corrected chi connectivity index (χ2v) is 5.00. The molecular weight excluding hydrogens is 273 g/mol. The Bertz CT molecular complexity index is 632. The van der Waals surface area contributed by atoms with Crippen molar-refractivity contribution < 1.29 is 14.0 Å². The maximum absolute atomic E-state index is 14.0. The molecule has 2 rings (SSSR count). The molecular formula is C15H16FN3O2. The number of hydrogen-bond acceptors (Lipinski definition) is 3. The van der Waals surface area contributed by atoms with E-state index in [0.717, 1.165) is 6.07 Å². The number of nitrogens with zero attached hydrogens (tertiary/aromatic N) is 2. The highest BCUT2D eigenvalue weighted by molar-refractivity contribution is 6.06. The number of imide groups is 1. The molecule has 1 saturated heterocycles. The van der Waals surface area contributed by atoms with Gasteiger partial charge < -0.3 is 4.90 Å². The molecule has 1 aromatic rings. The second-order valence-electron chi connectivity index (χ2n) is 5.00. The molecule has 1 aliphatic rings. The molecule has 1 heterocycles. The molecule has 1 aromatic carbocycles. The van der Waals surface area contributed by atoms with Gasteiger partial charge in [-0.1, -0.05) is 19.9 Å². The highest BCUT2D eigenvalue weighted by atomic mass is 19.1. The van der Waals surface area contributed by atoms with E-state index < -0.39 is 17.4 Å². The van der Waals surface area contributed by atoms with Gasteiger partial charge >= 0.3 is 6.03 Å². The van der Waals surface area contributed by atoms with Crippen LogP contribution in [0, 0.1) is 17.1 Å². The predicted molar refractivity (Wildman–Crippen MR) is 73.5 cm³/mol. The zero-order valence-corrected chi connectivity index (χ0v) is 11.9. The maximum Gasteiger partial charge on any atom is 0.325 e. The Hall–Kier alpha value is -2.42. The SMILES string of the molecule is CCC1(CC)C(=O)NC(=O)N1Cc1ccc(C#N)cc1F. The fourth-order valence-electron chi connectivity index (χ4n) is 2.69. The van der Waals surface area contributed by atoms with E-state index in [1.54, 1.807) is 0 Å². The van der Waals surface area contributed by atoms with Crippen molar-refractivity contribution in [2.24, 2.45) is 0 Å². The van der Waals surface area contributed by atoms with Gasteiger partial charge in [-0.25, -0.2) is 9.18 Å². The summed E-state index contributed by atoms with van der Waals surface area (Å²) in [6.45, 7) is 3.64. The summed E-state index contributed by atoms with van der Waals surface area (Å²) in [5.74, 6) is -0.895. The van der Waals surface area contributed by atoms with E-state index >= 15 is 0 Å². The summed E-state index contributed by atoms with van der Waals surface area (Å²) in [5, 5.41) is 11.0. The van der Waals surface area contributed by atoms with Crippen molar-refractivity contribution in [3.63, 3.8) is 0 Å². The minimum atomic E-state index is -0.933. The van der Waals surface area contributed by atoms with Crippen LogP contribution in [0.15, 0.2) is 18.2 Å². The van der Waals surface area contributed by atoms with Crippen molar-refractivity contribution in [1.82, 2.24) is 10.2 Å². The highest BCUT2D eigenvalue weighted by Gasteiger charge is 2.50. The van der Waals surface area contributed by atoms with Gasteiger partial charge in [-0.2, -0.15) is 5.26 Å². The lowest BCUT2D eigenvalue weighted by Gasteiger charge is -2.33. The molecule has 21 heavy (non-hydrogen) atoms. The van der Waals surface area contributed by atoms with E-state index in [2.05, 4.69) is 5.32 Å². The fourth-order valence-corrected chi connectivity index (χ4v) is 2.69. The zero-order chi connectivity index (χ0) is 15.6. The number of benzene rings is 1. The van der Waals surface area contributed by atoms with Crippen molar-refractivity contribution in [1.29, 1.82) is 5.26 Å². The normalized spacial score (nSPS) is 16.8. The Balaban J connectivity index is 2.35. The largest absolute Gasteiger partial charge is 0.325 e. The summed E-state index contributed by atoms with van der Waals surface area (Å²) in [6.07, 6.45) is 0.915. The van der Waals surface area contributed by atoms with Gasteiger partial charge in [0.05, 0.1) is 18.2 Å². The summed E-state index contributed by atoms with van der Waals surface area (Å²) < 4.78 is 14.0. The summed E-state index contributed by atoms with van der Waals surface area (Å²) in [7, 11) is 0. The van der Waals surface area contributed by atoms with Crippen molar-refractivity contribution >= 4 is 11.9 Å². The molecule has 0 unspecified atom stereocenters. The monoisotopic (exact) mass is 289 g/mol. The third kappa shape index (κ3) is 2.35. The highest BCUT2D eigenvalue weighted by Crippen LogP contribution is 2.31. The van der Waals surface area contributed by atoms with Crippen LogP contribution in [0.2, 0.25) is 0 Å². The first-order valence-corrected chi connectivity index (χ1v) is 6.80. The van der Waals surface area contributed by atoms with E-state index in [4.69, 9.17) is 5.26 Å². The van der Waals surface area contributed by atoms with E-state index in [9.17, 15) is 14.0 Å². The summed E-state index contributed by atoms with van der Waals surface area (Å²) >= 11 is 0. The first-order valence-electron chi connectivity index (χ1n) is 6.80. The van der Waals surface area contributed by atoms with Crippen molar-refractivity contribution in [3.05, 3.63) is 35.1 Å². The molecule has 0 spiro atoms. The Morgan fingerprint density at radius 1 is 1.33 bits per heavy atom. The molecule has 1 fully saturated rings. The molecule has 0 saturated carbocycles. The van der Waals surface area contributed by atoms with Crippen molar-refractivity contribution in [3.8, 4) is 6.07 Å². The average Bonchev–Trinajstić information content (AvgIpc) is 2.72. The lowest BCUT2D eigenvalue weighted by Crippen LogP contribution is -2.48. The molecule has 0 aromatic heterocycles. The quantitative estimate of drug-likeness (QED) is 0.864. The number of nitriles is 1. The first-order chi connectivity index (χ1) is 9.98. The topological polar surface area (TPSA) is 73.2 Å². The predicted octanol–water partition coefficient (Wildman–Crippen LogP) is 2.31. The van der Waals surface area contributed by atoms with E-state index in [-0.39, 0.29) is 23.6 Å². The summed E-state index contributed by atoms with van der Waals surface area (Å²) in [4.78, 5) is 25.4. The first kappa shape index (κ1) is 15.0. The molecule has 0 atom stereocenters. The minimum Gasteiger partial charge on any atom is -0.305 e. The number of urea groups is 1. The molecule has 0 bridgehead atoms. The van der Waals surface area contributed by atoms with Gasteiger partial charge in [0, 0.05) is 5.56 Å². The molecule has 3 amide bonds. The van der Waals surface area contributed by atoms with Gasteiger partial charge in [-0.3, -0.25) is 10.1 Å². The van der Waals surface area contributed by atoms with Gasteiger partial charge in [0.1, 0.15) is 11.4 Å². The van der Waals surface area contributed by atoms with Crippen molar-refractivity contribution in [2.75, 3.05) is 0 Å². The standard InChI is InChI=1S/C15H16FN3O2/c1-3-15(4-2)13(20)18-14(21)19(15)9-11-6-5-10(8-17)7-12(11)16/h5-7H,3-4,9H2,1-2H3,(H,18,20,21). The smallest absolute Gasteiger partial charge is 0.305 e. The Kier molecular flexibility index (Phi) is 3.94. The van der Waals surface area contributed by atoms with Gasteiger partial charge in [-0.15, -0.1) is 0 Å². The molecule has 0 radical (unpaired) electrons. The number of nitrogens with one attached hydrogen (secondary N) is 1. The maximum atomic E-state index is 14.0. The fraction of sp³-hybridized carbons (Fsp3) is 0.400. The van der Waals surface area contributed by atoms with Crippen LogP contribution >= 0.6 is 0 Å². The Morgan fingerprint density at radius 2 is 2.00 bits per heavy atom. The average molecular weight is 289 g/mol. The van der Waals surface area contributed by atoms with Gasteiger partial charge in [0.15, 0.2) is 0 Å². The third-order valence-electron chi connectivity index (χ3n) is 4.09. The number of rotatable bonds is 4. The van der Waals surface area contributed by atoms with Crippen LogP contribution in [0.3, 0.4) is 0 Å². The van der Waals surface area contributed by atoms with Crippen LogP contribution in [0.1, 0.15) is 37.8 Å². The van der Waals surface area contributed by atoms with Crippen LogP contribution in [0.4, 0.5) is 9.18 Å². The number of carbonyl (C=O) groups is 2. The molecule has 1 aliphatic heterocycles.